The molecule has 4 heterocycles. The lowest BCUT2D eigenvalue weighted by molar-refractivity contribution is 0.146. The maximum Gasteiger partial charge on any atom is 0.242 e. The van der Waals surface area contributed by atoms with Crippen molar-refractivity contribution >= 4 is 17.6 Å². The Morgan fingerprint density at radius 3 is 2.71 bits per heavy atom. The predicted octanol–water partition coefficient (Wildman–Crippen LogP) is 3.52. The lowest BCUT2D eigenvalue weighted by Gasteiger charge is -2.35. The standard InChI is InChI=1S/C29H37FN8O3/c1-3-36-10-4-5-23(36)18-38(22-7-9-25(39-2)24(30)16-22)29-32-19-31-28(33-29)34-37-13-11-35(12-14-37)17-21-6-8-26-27(15-21)41-20-40-26/h6-9,15-16,19,23H,3-5,10-14,17-18,20H2,1-2H3,(H,31,32,33,34). The van der Waals surface area contributed by atoms with Crippen LogP contribution in [0.4, 0.5) is 22.0 Å². The highest BCUT2D eigenvalue weighted by molar-refractivity contribution is 5.59. The second kappa shape index (κ2) is 12.4. The fourth-order valence-electron chi connectivity index (χ4n) is 5.78. The summed E-state index contributed by atoms with van der Waals surface area (Å²) >= 11 is 0. The van der Waals surface area contributed by atoms with Gasteiger partial charge >= 0.3 is 0 Å². The minimum atomic E-state index is -0.417. The molecule has 2 saturated heterocycles. The molecular weight excluding hydrogens is 527 g/mol. The Morgan fingerprint density at radius 1 is 1.05 bits per heavy atom. The summed E-state index contributed by atoms with van der Waals surface area (Å²) in [4.78, 5) is 20.5. The molecule has 41 heavy (non-hydrogen) atoms. The lowest BCUT2D eigenvalue weighted by atomic mass is 10.2. The molecule has 1 atom stereocenters. The summed E-state index contributed by atoms with van der Waals surface area (Å²) in [6.45, 7) is 9.42. The van der Waals surface area contributed by atoms with Crippen molar-refractivity contribution in [3.8, 4) is 17.2 Å². The molecule has 0 amide bonds. The van der Waals surface area contributed by atoms with Crippen LogP contribution in [-0.2, 0) is 6.54 Å². The van der Waals surface area contributed by atoms with Crippen molar-refractivity contribution in [2.75, 3.05) is 70.0 Å². The Bertz CT molecular complexity index is 1340. The van der Waals surface area contributed by atoms with E-state index in [4.69, 9.17) is 19.2 Å². The van der Waals surface area contributed by atoms with E-state index in [9.17, 15) is 4.39 Å². The number of aromatic nitrogens is 3. The van der Waals surface area contributed by atoms with Crippen LogP contribution in [0.2, 0.25) is 0 Å². The highest BCUT2D eigenvalue weighted by Gasteiger charge is 2.28. The zero-order valence-electron chi connectivity index (χ0n) is 23.6. The number of anilines is 3. The van der Waals surface area contributed by atoms with Gasteiger partial charge in [-0.3, -0.25) is 15.2 Å². The largest absolute Gasteiger partial charge is 0.494 e. The van der Waals surface area contributed by atoms with E-state index in [-0.39, 0.29) is 12.5 Å². The smallest absolute Gasteiger partial charge is 0.242 e. The van der Waals surface area contributed by atoms with Crippen molar-refractivity contribution in [1.29, 1.82) is 0 Å². The summed E-state index contributed by atoms with van der Waals surface area (Å²) in [5.41, 5.74) is 5.25. The molecule has 11 nitrogen and oxygen atoms in total. The Balaban J connectivity index is 1.12. The van der Waals surface area contributed by atoms with Crippen LogP contribution < -0.4 is 24.5 Å². The Labute approximate surface area is 239 Å². The number of nitrogens with one attached hydrogen (secondary N) is 1. The number of likely N-dealkylation sites (N-methyl/N-ethyl adjacent to an activating group) is 1. The molecule has 1 unspecified atom stereocenters. The van der Waals surface area contributed by atoms with Crippen molar-refractivity contribution in [3.63, 3.8) is 0 Å². The van der Waals surface area contributed by atoms with Crippen LogP contribution in [0.3, 0.4) is 0 Å². The maximum absolute atomic E-state index is 14.7. The third-order valence-corrected chi connectivity index (χ3v) is 8.02. The SMILES string of the molecule is CCN1CCCC1CN(c1ccc(OC)c(F)c1)c1ncnc(NN2CCN(Cc3ccc4c(c3)OCO4)CC2)n1. The Hall–Kier alpha value is -3.74. The second-order valence-electron chi connectivity index (χ2n) is 10.5. The van der Waals surface area contributed by atoms with Crippen molar-refractivity contribution < 1.29 is 18.6 Å². The quantitative estimate of drug-likeness (QED) is 0.392. The molecule has 0 saturated carbocycles. The third kappa shape index (κ3) is 6.29. The van der Waals surface area contributed by atoms with E-state index in [1.165, 1.54) is 25.1 Å². The van der Waals surface area contributed by atoms with E-state index < -0.39 is 5.82 Å². The summed E-state index contributed by atoms with van der Waals surface area (Å²) in [7, 11) is 1.47. The number of benzene rings is 2. The van der Waals surface area contributed by atoms with Crippen molar-refractivity contribution in [3.05, 3.63) is 54.1 Å². The monoisotopic (exact) mass is 564 g/mol. The summed E-state index contributed by atoms with van der Waals surface area (Å²) in [6, 6.07) is 11.4. The van der Waals surface area contributed by atoms with Gasteiger partial charge in [-0.25, -0.2) is 19.4 Å². The average molecular weight is 565 g/mol. The molecule has 1 N–H and O–H groups in total. The molecule has 2 fully saturated rings. The molecule has 3 aliphatic heterocycles. The third-order valence-electron chi connectivity index (χ3n) is 8.02. The van der Waals surface area contributed by atoms with Crippen LogP contribution in [0.1, 0.15) is 25.3 Å². The zero-order chi connectivity index (χ0) is 28.2. The zero-order valence-corrected chi connectivity index (χ0v) is 23.6. The second-order valence-corrected chi connectivity index (χ2v) is 10.5. The molecule has 12 heteroatoms. The predicted molar refractivity (Wildman–Crippen MR) is 153 cm³/mol. The number of hydrogen-bond donors (Lipinski definition) is 1. The van der Waals surface area contributed by atoms with E-state index in [0.717, 1.165) is 70.2 Å². The van der Waals surface area contributed by atoms with Gasteiger partial charge in [-0.05, 0) is 55.8 Å². The van der Waals surface area contributed by atoms with Gasteiger partial charge in [0.25, 0.3) is 0 Å². The van der Waals surface area contributed by atoms with Crippen LogP contribution >= 0.6 is 0 Å². The van der Waals surface area contributed by atoms with E-state index in [1.807, 2.05) is 17.0 Å². The number of hydrogen-bond acceptors (Lipinski definition) is 11. The number of methoxy groups -OCH3 is 1. The lowest BCUT2D eigenvalue weighted by Crippen LogP contribution is -2.48. The van der Waals surface area contributed by atoms with Gasteiger partial charge in [-0.1, -0.05) is 13.0 Å². The van der Waals surface area contributed by atoms with Crippen LogP contribution in [0, 0.1) is 5.82 Å². The van der Waals surface area contributed by atoms with Gasteiger partial charge in [0.1, 0.15) is 6.33 Å². The summed E-state index contributed by atoms with van der Waals surface area (Å²) in [5.74, 6) is 2.37. The first-order valence-electron chi connectivity index (χ1n) is 14.3. The first-order chi connectivity index (χ1) is 20.1. The van der Waals surface area contributed by atoms with Crippen LogP contribution in [0.25, 0.3) is 0 Å². The molecule has 3 aromatic rings. The van der Waals surface area contributed by atoms with E-state index in [1.54, 1.807) is 6.07 Å². The molecular formula is C29H37FN8O3. The molecule has 2 aromatic carbocycles. The Morgan fingerprint density at radius 2 is 1.90 bits per heavy atom. The molecule has 0 aliphatic carbocycles. The number of hydrazine groups is 1. The van der Waals surface area contributed by atoms with Gasteiger partial charge < -0.3 is 19.1 Å². The van der Waals surface area contributed by atoms with Crippen LogP contribution in [-0.4, -0.2) is 95.5 Å². The molecule has 6 rings (SSSR count). The molecule has 0 spiro atoms. The molecule has 218 valence electrons. The Kier molecular flexibility index (Phi) is 8.31. The number of rotatable bonds is 10. The number of fused-ring (bicyclic) bond motifs is 1. The van der Waals surface area contributed by atoms with E-state index in [0.29, 0.717) is 30.2 Å². The van der Waals surface area contributed by atoms with Gasteiger partial charge in [0, 0.05) is 57.1 Å². The van der Waals surface area contributed by atoms with E-state index in [2.05, 4.69) is 49.3 Å². The maximum atomic E-state index is 14.7. The molecule has 0 radical (unpaired) electrons. The number of likely N-dealkylation sites (tertiary alicyclic amines) is 1. The van der Waals surface area contributed by atoms with Gasteiger partial charge in [-0.15, -0.1) is 0 Å². The first kappa shape index (κ1) is 27.4. The highest BCUT2D eigenvalue weighted by Crippen LogP contribution is 2.33. The topological polar surface area (TPSA) is 91.4 Å². The summed E-state index contributed by atoms with van der Waals surface area (Å²) in [5, 5.41) is 2.13. The minimum Gasteiger partial charge on any atom is -0.494 e. The highest BCUT2D eigenvalue weighted by atomic mass is 19.1. The van der Waals surface area contributed by atoms with Crippen molar-refractivity contribution in [2.45, 2.75) is 32.4 Å². The number of piperazine rings is 1. The fourth-order valence-corrected chi connectivity index (χ4v) is 5.78. The average Bonchev–Trinajstić information content (AvgIpc) is 3.66. The normalized spacial score (nSPS) is 19.4. The van der Waals surface area contributed by atoms with Crippen molar-refractivity contribution in [1.82, 2.24) is 29.8 Å². The molecule has 0 bridgehead atoms. The van der Waals surface area contributed by atoms with Gasteiger partial charge in [0.15, 0.2) is 23.1 Å². The van der Waals surface area contributed by atoms with Gasteiger partial charge in [0.2, 0.25) is 18.7 Å². The van der Waals surface area contributed by atoms with Gasteiger partial charge in [0.05, 0.1) is 7.11 Å². The fraction of sp³-hybridized carbons (Fsp3) is 0.483. The van der Waals surface area contributed by atoms with Crippen molar-refractivity contribution in [2.24, 2.45) is 0 Å². The summed E-state index contributed by atoms with van der Waals surface area (Å²) in [6.07, 6.45) is 3.74. The first-order valence-corrected chi connectivity index (χ1v) is 14.3. The number of ether oxygens (including phenoxy) is 3. The van der Waals surface area contributed by atoms with E-state index >= 15 is 0 Å². The number of halogens is 1. The minimum absolute atomic E-state index is 0.209. The molecule has 1 aromatic heterocycles. The van der Waals surface area contributed by atoms with Crippen LogP contribution in [0.15, 0.2) is 42.7 Å². The summed E-state index contributed by atoms with van der Waals surface area (Å²) < 4.78 is 30.8. The number of nitrogens with zero attached hydrogens (tertiary/aromatic N) is 7. The van der Waals surface area contributed by atoms with Gasteiger partial charge in [-0.2, -0.15) is 4.98 Å². The van der Waals surface area contributed by atoms with Crippen LogP contribution in [0.5, 0.6) is 17.2 Å². The molecule has 3 aliphatic rings.